The monoisotopic (exact) mass is 762 g/mol. The van der Waals surface area contributed by atoms with Crippen LogP contribution in [0, 0.1) is 6.92 Å². The molecule has 15 heteroatoms. The van der Waals surface area contributed by atoms with Crippen LogP contribution in [0.25, 0.3) is 33.7 Å². The first kappa shape index (κ1) is 39.7. The average Bonchev–Trinajstić information content (AvgIpc) is 3.14. The number of phenolic OH excluding ortho intramolecular Hbond substituents is 2. The van der Waals surface area contributed by atoms with Crippen LogP contribution in [0.4, 0.5) is 11.6 Å². The Morgan fingerprint density at radius 2 is 1.21 bits per heavy atom. The standard InChI is InChI=1S/C22H22N4O3S.C15H16N4O.2ClH/c1-15-6-8-17(9-7-15)30(28,29)26-12-10-16(11-13-26)19-14-20(24-25-22(19)23)18-4-2-3-5-21(18)27;16-15-12(10-5-7-17-8-6-10)9-13(18-19-15)11-3-1-2-4-14(11)20;;/h2-10,14,27H,11-13H2,1H3,(H2,23,25);1-5,9,17,20H,6-8H2,(H2,16,19);2*1H. The van der Waals surface area contributed by atoms with Gasteiger partial charge in [0.2, 0.25) is 10.0 Å². The molecule has 5 aromatic rings. The van der Waals surface area contributed by atoms with Crippen molar-refractivity contribution in [1.29, 1.82) is 0 Å². The maximum absolute atomic E-state index is 12.9. The van der Waals surface area contributed by atoms with Gasteiger partial charge in [-0.05, 0) is 86.0 Å². The van der Waals surface area contributed by atoms with Crippen molar-refractivity contribution >= 4 is 57.6 Å². The molecular formula is C37H40Cl2N8O4S. The Hall–Kier alpha value is -5.05. The average molecular weight is 764 g/mol. The van der Waals surface area contributed by atoms with Crippen LogP contribution in [0.1, 0.15) is 29.5 Å². The van der Waals surface area contributed by atoms with E-state index in [1.54, 1.807) is 66.7 Å². The van der Waals surface area contributed by atoms with Crippen LogP contribution >= 0.6 is 24.8 Å². The number of hydrogen-bond donors (Lipinski definition) is 5. The number of nitrogens with zero attached hydrogens (tertiary/aromatic N) is 5. The number of para-hydroxylation sites is 2. The van der Waals surface area contributed by atoms with E-state index >= 15 is 0 Å². The quantitative estimate of drug-likeness (QED) is 0.139. The highest BCUT2D eigenvalue weighted by atomic mass is 35.5. The number of benzene rings is 3. The van der Waals surface area contributed by atoms with E-state index in [-0.39, 0.29) is 53.6 Å². The highest BCUT2D eigenvalue weighted by Gasteiger charge is 2.27. The predicted octanol–water partition coefficient (Wildman–Crippen LogP) is 5.87. The number of aryl methyl sites for hydroxylation is 1. The Morgan fingerprint density at radius 3 is 1.67 bits per heavy atom. The molecule has 0 unspecified atom stereocenters. The number of phenols is 2. The summed E-state index contributed by atoms with van der Waals surface area (Å²) in [7, 11) is -3.55. The van der Waals surface area contributed by atoms with Crippen molar-refractivity contribution in [3.63, 3.8) is 0 Å². The maximum atomic E-state index is 12.9. The molecule has 3 aromatic carbocycles. The molecule has 0 saturated carbocycles. The first-order chi connectivity index (χ1) is 24.1. The normalized spacial score (nSPS) is 14.4. The molecule has 0 aliphatic carbocycles. The molecule has 52 heavy (non-hydrogen) atoms. The lowest BCUT2D eigenvalue weighted by molar-refractivity contribution is 0.441. The van der Waals surface area contributed by atoms with Gasteiger partial charge in [0.1, 0.15) is 11.5 Å². The summed E-state index contributed by atoms with van der Waals surface area (Å²) in [6.45, 7) is 4.28. The van der Waals surface area contributed by atoms with Gasteiger partial charge in [0.15, 0.2) is 11.6 Å². The second kappa shape index (κ2) is 17.4. The Morgan fingerprint density at radius 1 is 0.692 bits per heavy atom. The van der Waals surface area contributed by atoms with E-state index in [0.29, 0.717) is 46.9 Å². The molecule has 2 aliphatic heterocycles. The van der Waals surface area contributed by atoms with Gasteiger partial charge in [0.25, 0.3) is 0 Å². The molecule has 0 amide bonds. The minimum absolute atomic E-state index is 0. The zero-order valence-electron chi connectivity index (χ0n) is 28.3. The third-order valence-corrected chi connectivity index (χ3v) is 10.5. The molecule has 0 saturated heterocycles. The number of rotatable bonds is 6. The Balaban J connectivity index is 0.000000241. The number of aromatic hydroxyl groups is 2. The lowest BCUT2D eigenvalue weighted by atomic mass is 9.99. The fraction of sp³-hybridized carbons (Fsp3) is 0.189. The highest BCUT2D eigenvalue weighted by molar-refractivity contribution is 7.89. The van der Waals surface area contributed by atoms with E-state index < -0.39 is 10.0 Å². The van der Waals surface area contributed by atoms with E-state index in [2.05, 4.69) is 31.8 Å². The van der Waals surface area contributed by atoms with Crippen molar-refractivity contribution in [3.8, 4) is 34.0 Å². The molecule has 0 fully saturated rings. The molecule has 7 rings (SSSR count). The van der Waals surface area contributed by atoms with Crippen LogP contribution in [0.2, 0.25) is 0 Å². The number of nitrogens with one attached hydrogen (secondary N) is 1. The van der Waals surface area contributed by atoms with Gasteiger partial charge < -0.3 is 27.0 Å². The molecule has 12 nitrogen and oxygen atoms in total. The zero-order chi connectivity index (χ0) is 35.3. The van der Waals surface area contributed by atoms with Crippen LogP contribution in [-0.4, -0.2) is 69.5 Å². The first-order valence-electron chi connectivity index (χ1n) is 16.1. The number of nitrogen functional groups attached to an aromatic ring is 2. The van der Waals surface area contributed by atoms with E-state index in [0.717, 1.165) is 36.2 Å². The highest BCUT2D eigenvalue weighted by Crippen LogP contribution is 2.34. The zero-order valence-corrected chi connectivity index (χ0v) is 30.8. The first-order valence-corrected chi connectivity index (χ1v) is 17.6. The number of halogens is 2. The predicted molar refractivity (Wildman–Crippen MR) is 210 cm³/mol. The topological polar surface area (TPSA) is 193 Å². The summed E-state index contributed by atoms with van der Waals surface area (Å²) >= 11 is 0. The summed E-state index contributed by atoms with van der Waals surface area (Å²) in [5.74, 6) is 1.000. The molecule has 0 spiro atoms. The third-order valence-electron chi connectivity index (χ3n) is 8.59. The SMILES string of the molecule is Cc1ccc(S(=O)(=O)N2CC=C(c3cc(-c4ccccc4O)nnc3N)CC2)cc1.Cl.Cl.Nc1nnc(-c2ccccc2O)cc1C1=CCNCC1. The molecule has 0 radical (unpaired) electrons. The fourth-order valence-electron chi connectivity index (χ4n) is 5.80. The fourth-order valence-corrected chi connectivity index (χ4v) is 7.18. The summed E-state index contributed by atoms with van der Waals surface area (Å²) in [5.41, 5.74) is 19.1. The lowest BCUT2D eigenvalue weighted by Crippen LogP contribution is -2.34. The largest absolute Gasteiger partial charge is 0.507 e. The Labute approximate surface area is 315 Å². The minimum Gasteiger partial charge on any atom is -0.507 e. The Bertz CT molecular complexity index is 2200. The van der Waals surface area contributed by atoms with Gasteiger partial charge >= 0.3 is 0 Å². The second-order valence-electron chi connectivity index (χ2n) is 11.9. The number of hydrogen-bond acceptors (Lipinski definition) is 11. The van der Waals surface area contributed by atoms with Gasteiger partial charge in [-0.3, -0.25) is 0 Å². The van der Waals surface area contributed by atoms with Gasteiger partial charge in [-0.15, -0.1) is 45.2 Å². The number of aromatic nitrogens is 4. The van der Waals surface area contributed by atoms with E-state index in [9.17, 15) is 18.6 Å². The van der Waals surface area contributed by atoms with E-state index in [1.807, 2.05) is 31.2 Å². The molecule has 0 bridgehead atoms. The summed E-state index contributed by atoms with van der Waals surface area (Å²) in [4.78, 5) is 0.289. The van der Waals surface area contributed by atoms with Gasteiger partial charge in [-0.2, -0.15) is 4.31 Å². The molecule has 0 atom stereocenters. The van der Waals surface area contributed by atoms with Crippen LogP contribution < -0.4 is 16.8 Å². The maximum Gasteiger partial charge on any atom is 0.243 e. The molecule has 2 aromatic heterocycles. The number of sulfonamides is 1. The van der Waals surface area contributed by atoms with Gasteiger partial charge in [-0.25, -0.2) is 8.42 Å². The molecule has 272 valence electrons. The van der Waals surface area contributed by atoms with Crippen molar-refractivity contribution < 1.29 is 18.6 Å². The Kier molecular flexibility index (Phi) is 13.3. The van der Waals surface area contributed by atoms with Crippen molar-refractivity contribution in [2.75, 3.05) is 37.6 Å². The van der Waals surface area contributed by atoms with Crippen LogP contribution in [-0.2, 0) is 10.0 Å². The van der Waals surface area contributed by atoms with Crippen molar-refractivity contribution in [3.05, 3.63) is 114 Å². The molecule has 4 heterocycles. The summed E-state index contributed by atoms with van der Waals surface area (Å²) in [6.07, 6.45) is 5.39. The van der Waals surface area contributed by atoms with E-state index in [4.69, 9.17) is 11.5 Å². The van der Waals surface area contributed by atoms with Gasteiger partial charge in [0.05, 0.1) is 16.3 Å². The second-order valence-corrected chi connectivity index (χ2v) is 13.9. The van der Waals surface area contributed by atoms with E-state index in [1.165, 1.54) is 9.88 Å². The lowest BCUT2D eigenvalue weighted by Gasteiger charge is -2.26. The van der Waals surface area contributed by atoms with Crippen LogP contribution in [0.15, 0.2) is 102 Å². The van der Waals surface area contributed by atoms with Crippen LogP contribution in [0.3, 0.4) is 0 Å². The molecule has 7 N–H and O–H groups in total. The summed E-state index contributed by atoms with van der Waals surface area (Å²) in [5, 5.41) is 39.5. The van der Waals surface area contributed by atoms with Crippen molar-refractivity contribution in [2.24, 2.45) is 0 Å². The van der Waals surface area contributed by atoms with Gasteiger partial charge in [0, 0.05) is 41.9 Å². The molecule has 2 aliphatic rings. The molecular weight excluding hydrogens is 723 g/mol. The minimum atomic E-state index is -3.55. The summed E-state index contributed by atoms with van der Waals surface area (Å²) in [6, 6.07) is 24.5. The number of anilines is 2. The third kappa shape index (κ3) is 8.87. The smallest absolute Gasteiger partial charge is 0.243 e. The van der Waals surface area contributed by atoms with Crippen molar-refractivity contribution in [2.45, 2.75) is 24.7 Å². The van der Waals surface area contributed by atoms with Crippen molar-refractivity contribution in [1.82, 2.24) is 30.0 Å². The van der Waals surface area contributed by atoms with Crippen LogP contribution in [0.5, 0.6) is 11.5 Å². The van der Waals surface area contributed by atoms with Gasteiger partial charge in [-0.1, -0.05) is 54.1 Å². The number of nitrogens with two attached hydrogens (primary N) is 2. The summed E-state index contributed by atoms with van der Waals surface area (Å²) < 4.78 is 27.3.